The van der Waals surface area contributed by atoms with Crippen molar-refractivity contribution < 1.29 is 13.0 Å². The minimum absolute atomic E-state index is 0.0880. The first-order valence-corrected chi connectivity index (χ1v) is 6.13. The second-order valence-electron chi connectivity index (χ2n) is 2.75. The van der Waals surface area contributed by atoms with Gasteiger partial charge >= 0.3 is 10.1 Å². The van der Waals surface area contributed by atoms with Gasteiger partial charge in [0.15, 0.2) is 0 Å². The summed E-state index contributed by atoms with van der Waals surface area (Å²) in [6.07, 6.45) is 2.97. The highest BCUT2D eigenvalue weighted by Gasteiger charge is 2.14. The molecule has 0 spiro atoms. The standard InChI is InChI=1S/C5H4ClNO3S.C3H6N2/c6-4-2-1-3-7-5(4)11(8,9)10;1-2-5-3-4-1/h1-3H,(H,8,9,10);3H,1-2H2,(H,4,5). The maximum Gasteiger partial charge on any atom is 0.313 e. The van der Waals surface area contributed by atoms with Crippen LogP contribution in [0.25, 0.3) is 0 Å². The maximum absolute atomic E-state index is 10.5. The third-order valence-corrected chi connectivity index (χ3v) is 2.77. The number of rotatable bonds is 1. The van der Waals surface area contributed by atoms with E-state index in [1.54, 1.807) is 6.34 Å². The van der Waals surface area contributed by atoms with Gasteiger partial charge in [0.2, 0.25) is 5.03 Å². The monoisotopic (exact) mass is 263 g/mol. The highest BCUT2D eigenvalue weighted by atomic mass is 35.5. The molecule has 0 aliphatic carbocycles. The Bertz CT molecular complexity index is 469. The molecule has 2 N–H and O–H groups in total. The van der Waals surface area contributed by atoms with Crippen molar-refractivity contribution in [1.29, 1.82) is 0 Å². The van der Waals surface area contributed by atoms with Gasteiger partial charge in [-0.15, -0.1) is 0 Å². The number of hydrogen-bond donors (Lipinski definition) is 2. The van der Waals surface area contributed by atoms with Crippen LogP contribution in [0.4, 0.5) is 0 Å². The molecule has 6 nitrogen and oxygen atoms in total. The smallest absolute Gasteiger partial charge is 0.313 e. The largest absolute Gasteiger partial charge is 0.375 e. The summed E-state index contributed by atoms with van der Waals surface area (Å²) in [5, 5.41) is 2.33. The molecule has 0 saturated heterocycles. The van der Waals surface area contributed by atoms with Crippen LogP contribution >= 0.6 is 11.6 Å². The Labute approximate surface area is 98.1 Å². The Hall–Kier alpha value is -1.18. The van der Waals surface area contributed by atoms with Gasteiger partial charge in [0, 0.05) is 12.7 Å². The first-order chi connectivity index (χ1) is 7.52. The molecule has 2 heterocycles. The van der Waals surface area contributed by atoms with Crippen molar-refractivity contribution in [3.8, 4) is 0 Å². The summed E-state index contributed by atoms with van der Waals surface area (Å²) in [4.78, 5) is 7.23. The van der Waals surface area contributed by atoms with Crippen molar-refractivity contribution in [1.82, 2.24) is 10.3 Å². The number of aliphatic imine (C=N–C) groups is 1. The molecule has 2 rings (SSSR count). The van der Waals surface area contributed by atoms with Gasteiger partial charge in [-0.1, -0.05) is 11.6 Å². The zero-order valence-electron chi connectivity index (χ0n) is 8.17. The summed E-state index contributed by atoms with van der Waals surface area (Å²) in [7, 11) is -4.28. The van der Waals surface area contributed by atoms with Gasteiger partial charge in [0.25, 0.3) is 0 Å². The summed E-state index contributed by atoms with van der Waals surface area (Å²) >= 11 is 5.41. The Kier molecular flexibility index (Phi) is 4.66. The van der Waals surface area contributed by atoms with E-state index in [0.29, 0.717) is 0 Å². The molecule has 1 aliphatic heterocycles. The van der Waals surface area contributed by atoms with Crippen LogP contribution in [-0.2, 0) is 10.1 Å². The molecule has 0 saturated carbocycles. The van der Waals surface area contributed by atoms with E-state index in [-0.39, 0.29) is 5.02 Å². The summed E-state index contributed by atoms with van der Waals surface area (Å²) in [6.45, 7) is 1.99. The molecule has 1 aromatic rings. The number of hydrogen-bond acceptors (Lipinski definition) is 5. The summed E-state index contributed by atoms with van der Waals surface area (Å²) in [5.41, 5.74) is 0. The molecule has 0 radical (unpaired) electrons. The van der Waals surface area contributed by atoms with Gasteiger partial charge in [0.1, 0.15) is 0 Å². The van der Waals surface area contributed by atoms with E-state index < -0.39 is 15.1 Å². The number of nitrogens with one attached hydrogen (secondary N) is 1. The van der Waals surface area contributed by atoms with Crippen LogP contribution < -0.4 is 5.32 Å². The number of halogens is 1. The third kappa shape index (κ3) is 4.13. The van der Waals surface area contributed by atoms with Gasteiger partial charge in [-0.3, -0.25) is 9.55 Å². The average Bonchev–Trinajstić information content (AvgIpc) is 2.74. The molecule has 0 bridgehead atoms. The lowest BCUT2D eigenvalue weighted by Crippen LogP contribution is -2.04. The zero-order chi connectivity index (χ0) is 12.0. The van der Waals surface area contributed by atoms with Crippen LogP contribution in [-0.4, -0.2) is 37.4 Å². The van der Waals surface area contributed by atoms with E-state index in [2.05, 4.69) is 15.3 Å². The van der Waals surface area contributed by atoms with Crippen molar-refractivity contribution in [2.45, 2.75) is 5.03 Å². The van der Waals surface area contributed by atoms with Crippen molar-refractivity contribution in [2.24, 2.45) is 4.99 Å². The van der Waals surface area contributed by atoms with Crippen molar-refractivity contribution in [3.05, 3.63) is 23.4 Å². The van der Waals surface area contributed by atoms with Crippen molar-refractivity contribution in [3.63, 3.8) is 0 Å². The predicted octanol–water partition coefficient (Wildman–Crippen LogP) is 0.600. The Morgan fingerprint density at radius 3 is 2.56 bits per heavy atom. The third-order valence-electron chi connectivity index (χ3n) is 1.54. The lowest BCUT2D eigenvalue weighted by molar-refractivity contribution is 0.479. The van der Waals surface area contributed by atoms with Gasteiger partial charge in [-0.2, -0.15) is 8.42 Å². The quantitative estimate of drug-likeness (QED) is 0.724. The zero-order valence-corrected chi connectivity index (χ0v) is 9.74. The van der Waals surface area contributed by atoms with Crippen LogP contribution in [0.1, 0.15) is 0 Å². The van der Waals surface area contributed by atoms with Crippen molar-refractivity contribution >= 4 is 28.1 Å². The van der Waals surface area contributed by atoms with Crippen LogP contribution in [0.15, 0.2) is 28.3 Å². The predicted molar refractivity (Wildman–Crippen MR) is 60.4 cm³/mol. The normalized spacial score (nSPS) is 13.9. The molecule has 0 amide bonds. The molecule has 88 valence electrons. The molecule has 16 heavy (non-hydrogen) atoms. The number of aromatic nitrogens is 1. The molecule has 0 fully saturated rings. The van der Waals surface area contributed by atoms with E-state index in [0.717, 1.165) is 13.1 Å². The van der Waals surface area contributed by atoms with Gasteiger partial charge in [-0.25, -0.2) is 4.98 Å². The van der Waals surface area contributed by atoms with Gasteiger partial charge < -0.3 is 5.32 Å². The summed E-state index contributed by atoms with van der Waals surface area (Å²) < 4.78 is 29.4. The second-order valence-corrected chi connectivity index (χ2v) is 4.50. The Balaban J connectivity index is 0.000000212. The molecule has 8 heteroatoms. The lowest BCUT2D eigenvalue weighted by atomic mass is 10.5. The van der Waals surface area contributed by atoms with E-state index in [9.17, 15) is 8.42 Å². The fourth-order valence-corrected chi connectivity index (χ4v) is 1.81. The molecular formula is C8H10ClN3O3S. The topological polar surface area (TPSA) is 91.7 Å². The van der Waals surface area contributed by atoms with Gasteiger partial charge in [0.05, 0.1) is 17.9 Å². The summed E-state index contributed by atoms with van der Waals surface area (Å²) in [5.74, 6) is 0. The minimum atomic E-state index is -4.28. The minimum Gasteiger partial charge on any atom is -0.375 e. The average molecular weight is 264 g/mol. The van der Waals surface area contributed by atoms with E-state index in [1.807, 2.05) is 0 Å². The number of nitrogens with zero attached hydrogens (tertiary/aromatic N) is 2. The van der Waals surface area contributed by atoms with Crippen LogP contribution in [0.5, 0.6) is 0 Å². The molecule has 1 aliphatic rings. The Morgan fingerprint density at radius 2 is 2.25 bits per heavy atom. The molecule has 0 unspecified atom stereocenters. The van der Waals surface area contributed by atoms with Crippen LogP contribution in [0.2, 0.25) is 5.02 Å². The maximum atomic E-state index is 10.5. The number of pyridine rings is 1. The molecule has 0 aromatic carbocycles. The fourth-order valence-electron chi connectivity index (χ4n) is 0.884. The first kappa shape index (κ1) is 12.9. The first-order valence-electron chi connectivity index (χ1n) is 4.31. The lowest BCUT2D eigenvalue weighted by Gasteiger charge is -1.95. The highest BCUT2D eigenvalue weighted by Crippen LogP contribution is 2.16. The van der Waals surface area contributed by atoms with Crippen molar-refractivity contribution in [2.75, 3.05) is 13.1 Å². The summed E-state index contributed by atoms with van der Waals surface area (Å²) in [6, 6.07) is 2.80. The SMILES string of the molecule is C1=NCCN1.O=S(=O)(O)c1ncccc1Cl. The molecular weight excluding hydrogens is 254 g/mol. The van der Waals surface area contributed by atoms with E-state index in [4.69, 9.17) is 16.2 Å². The second kappa shape index (κ2) is 5.78. The Morgan fingerprint density at radius 1 is 1.50 bits per heavy atom. The van der Waals surface area contributed by atoms with Gasteiger partial charge in [-0.05, 0) is 12.1 Å². The highest BCUT2D eigenvalue weighted by molar-refractivity contribution is 7.85. The van der Waals surface area contributed by atoms with E-state index >= 15 is 0 Å². The van der Waals surface area contributed by atoms with E-state index in [1.165, 1.54) is 18.3 Å². The molecule has 0 atom stereocenters. The van der Waals surface area contributed by atoms with Crippen LogP contribution in [0, 0.1) is 0 Å². The fraction of sp³-hybridized carbons (Fsp3) is 0.250. The molecule has 1 aromatic heterocycles. The van der Waals surface area contributed by atoms with Crippen LogP contribution in [0.3, 0.4) is 0 Å².